The SMILES string of the molecule is Cc1ccc(-c2c(-c3ccccc3-c3ccccc3)ccc3ccccc23)cc1. The van der Waals surface area contributed by atoms with Crippen molar-refractivity contribution in [2.45, 2.75) is 6.92 Å². The van der Waals surface area contributed by atoms with Crippen molar-refractivity contribution in [1.29, 1.82) is 0 Å². The molecule has 0 bridgehead atoms. The third kappa shape index (κ3) is 3.23. The van der Waals surface area contributed by atoms with Gasteiger partial charge >= 0.3 is 0 Å². The van der Waals surface area contributed by atoms with Gasteiger partial charge < -0.3 is 0 Å². The first-order chi connectivity index (χ1) is 14.3. The topological polar surface area (TPSA) is 0 Å². The second kappa shape index (κ2) is 7.41. The van der Waals surface area contributed by atoms with Crippen molar-refractivity contribution in [3.8, 4) is 33.4 Å². The average Bonchev–Trinajstić information content (AvgIpc) is 2.79. The molecule has 0 aliphatic heterocycles. The standard InChI is InChI=1S/C29H22/c1-21-15-17-24(18-16-21)29-26-13-6-5-11-23(26)19-20-28(29)27-14-8-7-12-25(27)22-9-3-2-4-10-22/h2-20H,1H3. The highest BCUT2D eigenvalue weighted by Crippen LogP contribution is 2.41. The van der Waals surface area contributed by atoms with Gasteiger partial charge in [-0.3, -0.25) is 0 Å². The molecule has 0 aliphatic rings. The summed E-state index contributed by atoms with van der Waals surface area (Å²) < 4.78 is 0. The lowest BCUT2D eigenvalue weighted by atomic mass is 9.86. The number of aryl methyl sites for hydroxylation is 1. The zero-order valence-electron chi connectivity index (χ0n) is 16.5. The van der Waals surface area contributed by atoms with Crippen LogP contribution in [0.25, 0.3) is 44.2 Å². The molecular weight excluding hydrogens is 348 g/mol. The van der Waals surface area contributed by atoms with E-state index in [0.717, 1.165) is 0 Å². The van der Waals surface area contributed by atoms with Crippen molar-refractivity contribution in [2.24, 2.45) is 0 Å². The van der Waals surface area contributed by atoms with Gasteiger partial charge in [-0.25, -0.2) is 0 Å². The summed E-state index contributed by atoms with van der Waals surface area (Å²) in [5.41, 5.74) is 8.87. The van der Waals surface area contributed by atoms with Crippen LogP contribution in [0.5, 0.6) is 0 Å². The van der Waals surface area contributed by atoms with Crippen LogP contribution in [0, 0.1) is 6.92 Å². The van der Waals surface area contributed by atoms with Gasteiger partial charge in [-0.05, 0) is 51.1 Å². The minimum absolute atomic E-state index is 1.24. The molecule has 5 aromatic rings. The molecule has 5 aromatic carbocycles. The summed E-state index contributed by atoms with van der Waals surface area (Å²) in [5, 5.41) is 2.56. The normalized spacial score (nSPS) is 10.9. The van der Waals surface area contributed by atoms with Crippen molar-refractivity contribution in [2.75, 3.05) is 0 Å². The van der Waals surface area contributed by atoms with E-state index < -0.39 is 0 Å². The molecule has 0 spiro atoms. The molecule has 0 heterocycles. The van der Waals surface area contributed by atoms with Crippen molar-refractivity contribution in [3.05, 3.63) is 121 Å². The maximum atomic E-state index is 2.28. The molecular formula is C29H22. The smallest absolute Gasteiger partial charge is 0.00266 e. The Labute approximate surface area is 172 Å². The molecule has 0 nitrogen and oxygen atoms in total. The minimum Gasteiger partial charge on any atom is -0.0622 e. The Morgan fingerprint density at radius 2 is 1.07 bits per heavy atom. The van der Waals surface area contributed by atoms with E-state index in [0.29, 0.717) is 0 Å². The molecule has 0 saturated heterocycles. The Balaban J connectivity index is 1.84. The number of fused-ring (bicyclic) bond motifs is 1. The van der Waals surface area contributed by atoms with E-state index in [1.54, 1.807) is 0 Å². The Morgan fingerprint density at radius 1 is 0.414 bits per heavy atom. The molecule has 0 fully saturated rings. The van der Waals surface area contributed by atoms with Crippen molar-refractivity contribution in [1.82, 2.24) is 0 Å². The van der Waals surface area contributed by atoms with Crippen molar-refractivity contribution in [3.63, 3.8) is 0 Å². The van der Waals surface area contributed by atoms with Gasteiger partial charge in [0.1, 0.15) is 0 Å². The van der Waals surface area contributed by atoms with E-state index >= 15 is 0 Å². The van der Waals surface area contributed by atoms with E-state index in [-0.39, 0.29) is 0 Å². The minimum atomic E-state index is 1.24. The lowest BCUT2D eigenvalue weighted by Crippen LogP contribution is -1.91. The van der Waals surface area contributed by atoms with Crippen LogP contribution in [0.15, 0.2) is 115 Å². The maximum absolute atomic E-state index is 2.28. The van der Waals surface area contributed by atoms with Gasteiger partial charge in [0.2, 0.25) is 0 Å². The van der Waals surface area contributed by atoms with Crippen LogP contribution >= 0.6 is 0 Å². The first kappa shape index (κ1) is 17.5. The predicted molar refractivity (Wildman–Crippen MR) is 125 cm³/mol. The van der Waals surface area contributed by atoms with Gasteiger partial charge in [0, 0.05) is 0 Å². The summed E-state index contributed by atoms with van der Waals surface area (Å²) in [7, 11) is 0. The van der Waals surface area contributed by atoms with Gasteiger partial charge in [0.25, 0.3) is 0 Å². The third-order valence-electron chi connectivity index (χ3n) is 5.57. The fourth-order valence-electron chi connectivity index (χ4n) is 4.11. The second-order valence-electron chi connectivity index (χ2n) is 7.49. The molecule has 0 radical (unpaired) electrons. The Bertz CT molecular complexity index is 1280. The lowest BCUT2D eigenvalue weighted by Gasteiger charge is -2.17. The van der Waals surface area contributed by atoms with Crippen LogP contribution in [0.4, 0.5) is 0 Å². The maximum Gasteiger partial charge on any atom is -0.00266 e. The van der Waals surface area contributed by atoms with Gasteiger partial charge in [0.05, 0.1) is 0 Å². The molecule has 0 saturated carbocycles. The molecule has 0 heteroatoms. The first-order valence-corrected chi connectivity index (χ1v) is 10.0. The van der Waals surface area contributed by atoms with Gasteiger partial charge in [-0.15, -0.1) is 0 Å². The molecule has 138 valence electrons. The molecule has 29 heavy (non-hydrogen) atoms. The predicted octanol–water partition coefficient (Wildman–Crippen LogP) is 8.15. The van der Waals surface area contributed by atoms with Crippen LogP contribution in [0.1, 0.15) is 5.56 Å². The number of rotatable bonds is 3. The highest BCUT2D eigenvalue weighted by atomic mass is 14.2. The second-order valence-corrected chi connectivity index (χ2v) is 7.49. The molecule has 0 atom stereocenters. The zero-order chi connectivity index (χ0) is 19.6. The van der Waals surface area contributed by atoms with Gasteiger partial charge in [0.15, 0.2) is 0 Å². The van der Waals surface area contributed by atoms with Crippen molar-refractivity contribution >= 4 is 10.8 Å². The van der Waals surface area contributed by atoms with E-state index in [4.69, 9.17) is 0 Å². The van der Waals surface area contributed by atoms with Crippen LogP contribution < -0.4 is 0 Å². The Morgan fingerprint density at radius 3 is 1.86 bits per heavy atom. The summed E-state index contributed by atoms with van der Waals surface area (Å²) in [5.74, 6) is 0. The fourth-order valence-corrected chi connectivity index (χ4v) is 4.11. The largest absolute Gasteiger partial charge is 0.0622 e. The molecule has 5 rings (SSSR count). The number of benzene rings is 5. The highest BCUT2D eigenvalue weighted by Gasteiger charge is 2.15. The number of hydrogen-bond acceptors (Lipinski definition) is 0. The average molecular weight is 370 g/mol. The van der Waals surface area contributed by atoms with Gasteiger partial charge in [-0.1, -0.05) is 121 Å². The Hall–Kier alpha value is -3.64. The molecule has 0 unspecified atom stereocenters. The summed E-state index contributed by atoms with van der Waals surface area (Å²) in [6.45, 7) is 2.14. The monoisotopic (exact) mass is 370 g/mol. The van der Waals surface area contributed by atoms with Crippen LogP contribution in [0.2, 0.25) is 0 Å². The van der Waals surface area contributed by atoms with Crippen LogP contribution in [-0.2, 0) is 0 Å². The summed E-state index contributed by atoms with van der Waals surface area (Å²) >= 11 is 0. The molecule has 0 N–H and O–H groups in total. The highest BCUT2D eigenvalue weighted by molar-refractivity contribution is 6.05. The molecule has 0 aliphatic carbocycles. The quantitative estimate of drug-likeness (QED) is 0.300. The summed E-state index contributed by atoms with van der Waals surface area (Å²) in [6.07, 6.45) is 0. The first-order valence-electron chi connectivity index (χ1n) is 10.0. The van der Waals surface area contributed by atoms with Crippen LogP contribution in [0.3, 0.4) is 0 Å². The van der Waals surface area contributed by atoms with Gasteiger partial charge in [-0.2, -0.15) is 0 Å². The summed E-state index contributed by atoms with van der Waals surface area (Å²) in [4.78, 5) is 0. The summed E-state index contributed by atoms with van der Waals surface area (Å²) in [6, 6.07) is 41.4. The fraction of sp³-hybridized carbons (Fsp3) is 0.0345. The molecule has 0 aromatic heterocycles. The lowest BCUT2D eigenvalue weighted by molar-refractivity contribution is 1.47. The van der Waals surface area contributed by atoms with E-state index in [2.05, 4.69) is 122 Å². The Kier molecular flexibility index (Phi) is 4.46. The van der Waals surface area contributed by atoms with Crippen LogP contribution in [-0.4, -0.2) is 0 Å². The zero-order valence-corrected chi connectivity index (χ0v) is 16.5. The van der Waals surface area contributed by atoms with E-state index in [9.17, 15) is 0 Å². The van der Waals surface area contributed by atoms with E-state index in [1.165, 1.54) is 49.7 Å². The molecule has 0 amide bonds. The van der Waals surface area contributed by atoms with Crippen molar-refractivity contribution < 1.29 is 0 Å². The van der Waals surface area contributed by atoms with E-state index in [1.807, 2.05) is 0 Å². The third-order valence-corrected chi connectivity index (χ3v) is 5.57. The number of hydrogen-bond donors (Lipinski definition) is 0.